The maximum absolute atomic E-state index is 13.0. The van der Waals surface area contributed by atoms with Gasteiger partial charge in [-0.05, 0) is 65.9 Å². The Labute approximate surface area is 181 Å². The van der Waals surface area contributed by atoms with Crippen molar-refractivity contribution >= 4 is 33.0 Å². The van der Waals surface area contributed by atoms with Gasteiger partial charge in [0.05, 0.1) is 10.9 Å². The number of allylic oxidation sites excluding steroid dienone is 2. The molecule has 0 saturated carbocycles. The fourth-order valence-electron chi connectivity index (χ4n) is 4.46. The van der Waals surface area contributed by atoms with Gasteiger partial charge in [0.15, 0.2) is 0 Å². The second-order valence-electron chi connectivity index (χ2n) is 7.75. The summed E-state index contributed by atoms with van der Waals surface area (Å²) in [6.07, 6.45) is 5.38. The molecule has 0 spiro atoms. The second kappa shape index (κ2) is 7.49. The lowest BCUT2D eigenvalue weighted by Crippen LogP contribution is -2.29. The summed E-state index contributed by atoms with van der Waals surface area (Å²) in [5, 5.41) is 4.21. The minimum atomic E-state index is -3.70. The van der Waals surface area contributed by atoms with Crippen LogP contribution in [0.2, 0.25) is 5.02 Å². The van der Waals surface area contributed by atoms with Gasteiger partial charge in [-0.3, -0.25) is 4.72 Å². The number of hydrogen-bond acceptors (Lipinski definition) is 3. The third-order valence-electron chi connectivity index (χ3n) is 5.90. The first-order valence-corrected chi connectivity index (χ1v) is 11.8. The van der Waals surface area contributed by atoms with Crippen molar-refractivity contribution in [2.75, 3.05) is 10.0 Å². The van der Waals surface area contributed by atoms with Crippen LogP contribution in [0.1, 0.15) is 29.5 Å². The van der Waals surface area contributed by atoms with Crippen LogP contribution in [0.5, 0.6) is 0 Å². The quantitative estimate of drug-likeness (QED) is 0.495. The summed E-state index contributed by atoms with van der Waals surface area (Å²) in [5.74, 6) is 0.555. The Hall–Kier alpha value is -2.76. The van der Waals surface area contributed by atoms with Crippen LogP contribution in [0.3, 0.4) is 0 Å². The van der Waals surface area contributed by atoms with Crippen molar-refractivity contribution in [3.8, 4) is 0 Å². The van der Waals surface area contributed by atoms with Crippen molar-refractivity contribution in [1.29, 1.82) is 0 Å². The summed E-state index contributed by atoms with van der Waals surface area (Å²) in [4.78, 5) is 0.259. The van der Waals surface area contributed by atoms with E-state index in [2.05, 4.69) is 46.5 Å². The molecule has 0 unspecified atom stereocenters. The first kappa shape index (κ1) is 19.2. The normalized spacial score (nSPS) is 22.1. The summed E-state index contributed by atoms with van der Waals surface area (Å²) in [6.45, 7) is 0. The van der Waals surface area contributed by atoms with E-state index in [1.54, 1.807) is 36.4 Å². The van der Waals surface area contributed by atoms with Crippen molar-refractivity contribution in [1.82, 2.24) is 0 Å². The highest BCUT2D eigenvalue weighted by molar-refractivity contribution is 7.92. The molecular weight excluding hydrogens is 416 g/mol. The van der Waals surface area contributed by atoms with Crippen LogP contribution in [0.15, 0.2) is 89.8 Å². The molecule has 0 amide bonds. The molecule has 6 heteroatoms. The molecule has 0 bridgehead atoms. The highest BCUT2D eigenvalue weighted by Crippen LogP contribution is 2.50. The van der Waals surface area contributed by atoms with Crippen LogP contribution < -0.4 is 10.0 Å². The molecule has 4 nitrogen and oxygen atoms in total. The topological polar surface area (TPSA) is 58.2 Å². The van der Waals surface area contributed by atoms with Crippen LogP contribution in [-0.2, 0) is 10.0 Å². The van der Waals surface area contributed by atoms with E-state index in [1.165, 1.54) is 5.56 Å². The Morgan fingerprint density at radius 2 is 1.73 bits per heavy atom. The molecule has 0 radical (unpaired) electrons. The summed E-state index contributed by atoms with van der Waals surface area (Å²) in [5.41, 5.74) is 3.75. The van der Waals surface area contributed by atoms with Crippen LogP contribution in [0.4, 0.5) is 11.4 Å². The smallest absolute Gasteiger partial charge is 0.261 e. The van der Waals surface area contributed by atoms with Crippen molar-refractivity contribution in [2.24, 2.45) is 5.92 Å². The highest BCUT2D eigenvalue weighted by atomic mass is 35.5. The molecule has 5 rings (SSSR count). The number of benzene rings is 3. The minimum Gasteiger partial charge on any atom is -0.378 e. The van der Waals surface area contributed by atoms with Gasteiger partial charge in [0.25, 0.3) is 10.0 Å². The molecule has 3 aromatic carbocycles. The average Bonchev–Trinajstić information content (AvgIpc) is 3.25. The molecule has 1 aliphatic heterocycles. The minimum absolute atomic E-state index is 0.192. The lowest BCUT2D eigenvalue weighted by Gasteiger charge is -2.37. The number of rotatable bonds is 4. The van der Waals surface area contributed by atoms with Gasteiger partial charge in [0, 0.05) is 22.3 Å². The van der Waals surface area contributed by atoms with Gasteiger partial charge < -0.3 is 5.32 Å². The van der Waals surface area contributed by atoms with Crippen LogP contribution in [0.25, 0.3) is 0 Å². The van der Waals surface area contributed by atoms with Gasteiger partial charge >= 0.3 is 0 Å². The molecule has 30 heavy (non-hydrogen) atoms. The Balaban J connectivity index is 1.49. The van der Waals surface area contributed by atoms with E-state index in [-0.39, 0.29) is 16.9 Å². The SMILES string of the molecule is O=S(=O)(Nc1ccc(Cl)cc1)c1ccc2c(c1)[C@H]1C=CC[C@H]1[C@@H](c1ccccc1)N2. The predicted octanol–water partition coefficient (Wildman–Crippen LogP) is 5.97. The first-order chi connectivity index (χ1) is 14.5. The zero-order chi connectivity index (χ0) is 20.7. The summed E-state index contributed by atoms with van der Waals surface area (Å²) < 4.78 is 28.6. The number of fused-ring (bicyclic) bond motifs is 3. The molecular formula is C24H21ClN2O2S. The van der Waals surface area contributed by atoms with E-state index in [4.69, 9.17) is 11.6 Å². The first-order valence-electron chi connectivity index (χ1n) is 9.92. The second-order valence-corrected chi connectivity index (χ2v) is 9.87. The number of anilines is 2. The molecule has 0 saturated heterocycles. The zero-order valence-corrected chi connectivity index (χ0v) is 17.7. The summed E-state index contributed by atoms with van der Waals surface area (Å²) >= 11 is 5.90. The maximum atomic E-state index is 13.0. The van der Waals surface area contributed by atoms with Gasteiger partial charge in [0.1, 0.15) is 0 Å². The number of nitrogens with one attached hydrogen (secondary N) is 2. The van der Waals surface area contributed by atoms with Gasteiger partial charge in [-0.2, -0.15) is 0 Å². The number of hydrogen-bond donors (Lipinski definition) is 2. The van der Waals surface area contributed by atoms with E-state index in [9.17, 15) is 8.42 Å². The molecule has 3 atom stereocenters. The van der Waals surface area contributed by atoms with E-state index >= 15 is 0 Å². The molecule has 152 valence electrons. The molecule has 2 aliphatic rings. The third-order valence-corrected chi connectivity index (χ3v) is 7.53. The Kier molecular flexibility index (Phi) is 4.80. The van der Waals surface area contributed by atoms with Crippen LogP contribution >= 0.6 is 11.6 Å². The van der Waals surface area contributed by atoms with Crippen molar-refractivity contribution < 1.29 is 8.42 Å². The fourth-order valence-corrected chi connectivity index (χ4v) is 5.68. The van der Waals surface area contributed by atoms with Crippen LogP contribution in [0, 0.1) is 5.92 Å². The zero-order valence-electron chi connectivity index (χ0n) is 16.1. The standard InChI is InChI=1S/C24H21ClN2O2S/c25-17-9-11-18(12-10-17)27-30(28,29)19-13-14-23-22(15-19)20-7-4-8-21(20)24(26-23)16-5-2-1-3-6-16/h1-7,9-15,20-21,24,26-27H,8H2/t20-,21+,24+/m0/s1. The Morgan fingerprint density at radius 3 is 2.50 bits per heavy atom. The largest absolute Gasteiger partial charge is 0.378 e. The molecule has 0 aromatic heterocycles. The monoisotopic (exact) mass is 436 g/mol. The lowest BCUT2D eigenvalue weighted by atomic mass is 9.77. The van der Waals surface area contributed by atoms with Crippen molar-refractivity contribution in [3.63, 3.8) is 0 Å². The molecule has 1 aliphatic carbocycles. The Morgan fingerprint density at radius 1 is 0.967 bits per heavy atom. The van der Waals surface area contributed by atoms with Gasteiger partial charge in [-0.1, -0.05) is 54.1 Å². The van der Waals surface area contributed by atoms with E-state index < -0.39 is 10.0 Å². The molecule has 2 N–H and O–H groups in total. The number of halogens is 1. The molecule has 0 fully saturated rings. The van der Waals surface area contributed by atoms with E-state index in [0.717, 1.165) is 17.7 Å². The van der Waals surface area contributed by atoms with Crippen LogP contribution in [-0.4, -0.2) is 8.42 Å². The molecule has 1 heterocycles. The van der Waals surface area contributed by atoms with Gasteiger partial charge in [0.2, 0.25) is 0 Å². The van der Waals surface area contributed by atoms with E-state index in [0.29, 0.717) is 16.6 Å². The van der Waals surface area contributed by atoms with Crippen molar-refractivity contribution in [3.05, 3.63) is 101 Å². The Bertz CT molecular complexity index is 1210. The summed E-state index contributed by atoms with van der Waals surface area (Å²) in [6, 6.07) is 22.6. The highest BCUT2D eigenvalue weighted by Gasteiger charge is 2.38. The third kappa shape index (κ3) is 3.48. The van der Waals surface area contributed by atoms with Gasteiger partial charge in [-0.15, -0.1) is 0 Å². The maximum Gasteiger partial charge on any atom is 0.261 e. The lowest BCUT2D eigenvalue weighted by molar-refractivity contribution is 0.425. The fraction of sp³-hybridized carbons (Fsp3) is 0.167. The number of sulfonamides is 1. The van der Waals surface area contributed by atoms with E-state index in [1.807, 2.05) is 12.1 Å². The van der Waals surface area contributed by atoms with Crippen molar-refractivity contribution in [2.45, 2.75) is 23.3 Å². The average molecular weight is 437 g/mol. The van der Waals surface area contributed by atoms with Gasteiger partial charge in [-0.25, -0.2) is 8.42 Å². The molecule has 3 aromatic rings. The predicted molar refractivity (Wildman–Crippen MR) is 121 cm³/mol. The summed E-state index contributed by atoms with van der Waals surface area (Å²) in [7, 11) is -3.70.